The lowest BCUT2D eigenvalue weighted by molar-refractivity contribution is -0.113. The molecule has 29 heavy (non-hydrogen) atoms. The highest BCUT2D eigenvalue weighted by molar-refractivity contribution is 8.00. The molecule has 4 aromatic rings. The average molecular weight is 410 g/mol. The molecule has 0 fully saturated rings. The summed E-state index contributed by atoms with van der Waals surface area (Å²) in [7, 11) is 0. The van der Waals surface area contributed by atoms with Gasteiger partial charge in [-0.2, -0.15) is 0 Å². The Morgan fingerprint density at radius 1 is 1.14 bits per heavy atom. The number of benzene rings is 2. The zero-order valence-corrected chi connectivity index (χ0v) is 15.9. The SMILES string of the molecule is O=C(CSc1ncnc2c1[nH]c1ccc(F)cc12)Nc1ccc2c(c1)OCCO2. The number of ether oxygens (including phenoxy) is 2. The standard InChI is InChI=1S/C20H15FN4O3S/c21-11-1-3-14-13(7-11)18-19(25-14)20(23-10-22-18)29-9-17(26)24-12-2-4-15-16(8-12)28-6-5-27-15/h1-4,7-8,10,25H,5-6,9H2,(H,24,26). The van der Waals surface area contributed by atoms with Gasteiger partial charge in [-0.15, -0.1) is 0 Å². The number of nitrogens with one attached hydrogen (secondary N) is 2. The van der Waals surface area contributed by atoms with Crippen molar-refractivity contribution in [2.75, 3.05) is 24.3 Å². The van der Waals surface area contributed by atoms with Gasteiger partial charge in [0.1, 0.15) is 35.9 Å². The fourth-order valence-electron chi connectivity index (χ4n) is 3.20. The summed E-state index contributed by atoms with van der Waals surface area (Å²) in [6, 6.07) is 9.77. The molecule has 0 spiro atoms. The molecule has 1 aliphatic heterocycles. The summed E-state index contributed by atoms with van der Waals surface area (Å²) in [4.78, 5) is 24.1. The predicted molar refractivity (Wildman–Crippen MR) is 108 cm³/mol. The summed E-state index contributed by atoms with van der Waals surface area (Å²) in [6.45, 7) is 1.00. The fourth-order valence-corrected chi connectivity index (χ4v) is 3.96. The number of hydrogen-bond donors (Lipinski definition) is 2. The summed E-state index contributed by atoms with van der Waals surface area (Å²) >= 11 is 1.28. The Morgan fingerprint density at radius 3 is 2.90 bits per heavy atom. The minimum atomic E-state index is -0.329. The largest absolute Gasteiger partial charge is 0.486 e. The number of anilines is 1. The third kappa shape index (κ3) is 3.44. The Hall–Kier alpha value is -3.33. The number of H-pyrrole nitrogens is 1. The van der Waals surface area contributed by atoms with Crippen molar-refractivity contribution >= 4 is 45.3 Å². The highest BCUT2D eigenvalue weighted by Gasteiger charge is 2.15. The monoisotopic (exact) mass is 410 g/mol. The molecule has 0 bridgehead atoms. The molecule has 0 atom stereocenters. The van der Waals surface area contributed by atoms with E-state index in [-0.39, 0.29) is 17.5 Å². The van der Waals surface area contributed by atoms with Crippen LogP contribution in [0.25, 0.3) is 21.9 Å². The van der Waals surface area contributed by atoms with Gasteiger partial charge in [0.2, 0.25) is 5.91 Å². The Balaban J connectivity index is 1.32. The third-order valence-electron chi connectivity index (χ3n) is 4.47. The Bertz CT molecular complexity index is 1240. The van der Waals surface area contributed by atoms with Crippen LogP contribution in [0.15, 0.2) is 47.8 Å². The van der Waals surface area contributed by atoms with E-state index in [1.54, 1.807) is 24.3 Å². The molecule has 1 amide bonds. The van der Waals surface area contributed by atoms with E-state index in [0.29, 0.717) is 51.8 Å². The maximum absolute atomic E-state index is 13.6. The Morgan fingerprint density at radius 2 is 2.00 bits per heavy atom. The highest BCUT2D eigenvalue weighted by Crippen LogP contribution is 2.33. The van der Waals surface area contributed by atoms with Gasteiger partial charge in [-0.25, -0.2) is 14.4 Å². The molecule has 146 valence electrons. The van der Waals surface area contributed by atoms with Crippen molar-refractivity contribution in [1.82, 2.24) is 15.0 Å². The second-order valence-electron chi connectivity index (χ2n) is 6.41. The first-order valence-electron chi connectivity index (χ1n) is 8.91. The number of aromatic nitrogens is 3. The van der Waals surface area contributed by atoms with Crippen molar-refractivity contribution in [2.24, 2.45) is 0 Å². The number of aromatic amines is 1. The second-order valence-corrected chi connectivity index (χ2v) is 7.38. The minimum Gasteiger partial charge on any atom is -0.486 e. The van der Waals surface area contributed by atoms with Crippen LogP contribution in [-0.2, 0) is 4.79 Å². The van der Waals surface area contributed by atoms with Crippen LogP contribution in [0.1, 0.15) is 0 Å². The molecule has 7 nitrogen and oxygen atoms in total. The number of hydrogen-bond acceptors (Lipinski definition) is 6. The first-order chi connectivity index (χ1) is 14.2. The topological polar surface area (TPSA) is 89.1 Å². The Kier molecular flexibility index (Phi) is 4.44. The first-order valence-corrected chi connectivity index (χ1v) is 9.90. The number of rotatable bonds is 4. The number of thioether (sulfide) groups is 1. The van der Waals surface area contributed by atoms with E-state index in [4.69, 9.17) is 9.47 Å². The van der Waals surface area contributed by atoms with Crippen molar-refractivity contribution in [3.63, 3.8) is 0 Å². The number of fused-ring (bicyclic) bond motifs is 4. The molecule has 0 radical (unpaired) electrons. The van der Waals surface area contributed by atoms with Gasteiger partial charge < -0.3 is 19.8 Å². The van der Waals surface area contributed by atoms with Gasteiger partial charge >= 0.3 is 0 Å². The zero-order chi connectivity index (χ0) is 19.8. The van der Waals surface area contributed by atoms with E-state index in [1.165, 1.54) is 30.2 Å². The van der Waals surface area contributed by atoms with Gasteiger partial charge in [-0.1, -0.05) is 11.8 Å². The lowest BCUT2D eigenvalue weighted by Crippen LogP contribution is -2.17. The molecule has 1 aliphatic rings. The molecule has 0 saturated heterocycles. The normalized spacial score (nSPS) is 13.0. The summed E-state index contributed by atoms with van der Waals surface area (Å²) in [5, 5.41) is 4.16. The quantitative estimate of drug-likeness (QED) is 0.393. The van der Waals surface area contributed by atoms with Gasteiger partial charge in [0, 0.05) is 22.7 Å². The van der Waals surface area contributed by atoms with E-state index in [9.17, 15) is 9.18 Å². The van der Waals surface area contributed by atoms with Crippen molar-refractivity contribution in [3.05, 3.63) is 48.5 Å². The van der Waals surface area contributed by atoms with Crippen molar-refractivity contribution in [1.29, 1.82) is 0 Å². The van der Waals surface area contributed by atoms with Crippen LogP contribution < -0.4 is 14.8 Å². The van der Waals surface area contributed by atoms with Gasteiger partial charge in [0.25, 0.3) is 0 Å². The van der Waals surface area contributed by atoms with E-state index in [2.05, 4.69) is 20.3 Å². The summed E-state index contributed by atoms with van der Waals surface area (Å²) < 4.78 is 24.6. The smallest absolute Gasteiger partial charge is 0.234 e. The average Bonchev–Trinajstić information content (AvgIpc) is 3.10. The minimum absolute atomic E-state index is 0.157. The maximum Gasteiger partial charge on any atom is 0.234 e. The van der Waals surface area contributed by atoms with E-state index in [1.807, 2.05) is 0 Å². The zero-order valence-electron chi connectivity index (χ0n) is 15.1. The van der Waals surface area contributed by atoms with Crippen LogP contribution in [0.2, 0.25) is 0 Å². The highest BCUT2D eigenvalue weighted by atomic mass is 32.2. The molecule has 2 N–H and O–H groups in total. The molecular formula is C20H15FN4O3S. The van der Waals surface area contributed by atoms with E-state index in [0.717, 1.165) is 5.52 Å². The third-order valence-corrected chi connectivity index (χ3v) is 5.46. The van der Waals surface area contributed by atoms with Gasteiger partial charge in [0.15, 0.2) is 11.5 Å². The van der Waals surface area contributed by atoms with Gasteiger partial charge in [-0.05, 0) is 30.3 Å². The molecule has 5 rings (SSSR count). The van der Waals surface area contributed by atoms with Crippen LogP contribution in [0.3, 0.4) is 0 Å². The maximum atomic E-state index is 13.6. The van der Waals surface area contributed by atoms with Gasteiger partial charge in [-0.3, -0.25) is 4.79 Å². The van der Waals surface area contributed by atoms with Crippen molar-refractivity contribution in [3.8, 4) is 11.5 Å². The molecule has 0 saturated carbocycles. The number of carbonyl (C=O) groups excluding carboxylic acids is 1. The van der Waals surface area contributed by atoms with Gasteiger partial charge in [0.05, 0.1) is 11.3 Å². The van der Waals surface area contributed by atoms with E-state index >= 15 is 0 Å². The lowest BCUT2D eigenvalue weighted by Gasteiger charge is -2.18. The van der Waals surface area contributed by atoms with Crippen LogP contribution in [-0.4, -0.2) is 39.8 Å². The summed E-state index contributed by atoms with van der Waals surface area (Å²) in [5.74, 6) is 0.932. The fraction of sp³-hybridized carbons (Fsp3) is 0.150. The van der Waals surface area contributed by atoms with Crippen molar-refractivity contribution in [2.45, 2.75) is 5.03 Å². The molecule has 9 heteroatoms. The second kappa shape index (κ2) is 7.25. The van der Waals surface area contributed by atoms with Crippen molar-refractivity contribution < 1.29 is 18.7 Å². The molecular weight excluding hydrogens is 395 g/mol. The number of nitrogens with zero attached hydrogens (tertiary/aromatic N) is 2. The first kappa shape index (κ1) is 17.7. The summed E-state index contributed by atoms with van der Waals surface area (Å²) in [6.07, 6.45) is 1.42. The van der Waals surface area contributed by atoms with Crippen LogP contribution in [0, 0.1) is 5.82 Å². The molecule has 3 heterocycles. The number of carbonyl (C=O) groups is 1. The van der Waals surface area contributed by atoms with Crippen LogP contribution >= 0.6 is 11.8 Å². The van der Waals surface area contributed by atoms with Crippen LogP contribution in [0.4, 0.5) is 10.1 Å². The molecule has 0 unspecified atom stereocenters. The van der Waals surface area contributed by atoms with Crippen LogP contribution in [0.5, 0.6) is 11.5 Å². The number of halogens is 1. The lowest BCUT2D eigenvalue weighted by atomic mass is 10.2. The predicted octanol–water partition coefficient (Wildman–Crippen LogP) is 3.75. The molecule has 0 aliphatic carbocycles. The summed E-state index contributed by atoms with van der Waals surface area (Å²) in [5.41, 5.74) is 2.72. The molecule has 2 aromatic carbocycles. The van der Waals surface area contributed by atoms with E-state index < -0.39 is 0 Å². The number of amides is 1. The molecule has 2 aromatic heterocycles. The Labute approximate surface area is 168 Å².